The molecule has 78 valence electrons. The second-order valence-electron chi connectivity index (χ2n) is 3.55. The molecule has 0 saturated carbocycles. The van der Waals surface area contributed by atoms with Gasteiger partial charge in [-0.3, -0.25) is 4.79 Å². The third-order valence-corrected chi connectivity index (χ3v) is 2.34. The quantitative estimate of drug-likeness (QED) is 0.621. The average molecular weight is 195 g/mol. The van der Waals surface area contributed by atoms with E-state index >= 15 is 0 Å². The predicted octanol–water partition coefficient (Wildman–Crippen LogP) is 1.39. The molecule has 0 aromatic heterocycles. The molecule has 0 saturated heterocycles. The lowest BCUT2D eigenvalue weighted by atomic mass is 10.1. The van der Waals surface area contributed by atoms with Crippen LogP contribution in [0.1, 0.15) is 38.5 Å². The average Bonchev–Trinajstić information content (AvgIpc) is 2.21. The second-order valence-corrected chi connectivity index (χ2v) is 3.55. The van der Waals surface area contributed by atoms with E-state index in [1.807, 2.05) is 0 Å². The molecule has 0 aromatic rings. The summed E-state index contributed by atoms with van der Waals surface area (Å²) in [5.41, 5.74) is 0. The van der Waals surface area contributed by atoms with E-state index < -0.39 is 5.97 Å². The van der Waals surface area contributed by atoms with Gasteiger partial charge in [-0.1, -0.05) is 0 Å². The zero-order chi connectivity index (χ0) is 10.2. The fourth-order valence-electron chi connectivity index (χ4n) is 1.50. The Kier molecular flexibility index (Phi) is 5.09. The van der Waals surface area contributed by atoms with E-state index in [0.29, 0.717) is 6.42 Å². The highest BCUT2D eigenvalue weighted by Crippen LogP contribution is 2.03. The van der Waals surface area contributed by atoms with Crippen LogP contribution in [0.15, 0.2) is 0 Å². The molecule has 1 aliphatic rings. The minimum atomic E-state index is -0.739. The Hall–Kier alpha value is -1.01. The molecule has 0 spiro atoms. The summed E-state index contributed by atoms with van der Waals surface area (Å²) < 4.78 is 0. The highest BCUT2D eigenvalue weighted by Gasteiger charge is 2.15. The van der Waals surface area contributed by atoms with Crippen molar-refractivity contribution in [1.82, 2.24) is 5.32 Å². The number of rotatable bonds is 1. The number of aliphatic carboxylic acids is 1. The van der Waals surface area contributed by atoms with Gasteiger partial charge in [0.25, 0.3) is 0 Å². The molecule has 1 rings (SSSR count). The Balaban J connectivity index is 2.40. The summed E-state index contributed by atoms with van der Waals surface area (Å²) in [4.78, 5) is 10.8. The van der Waals surface area contributed by atoms with Gasteiger partial charge in [0.2, 0.25) is 0 Å². The first kappa shape index (κ1) is 11.1. The third-order valence-electron chi connectivity index (χ3n) is 2.34. The highest BCUT2D eigenvalue weighted by atomic mass is 16.4. The van der Waals surface area contributed by atoms with Crippen LogP contribution in [0.3, 0.4) is 0 Å². The summed E-state index contributed by atoms with van der Waals surface area (Å²) in [5.74, 6) is 5.43. The van der Waals surface area contributed by atoms with Gasteiger partial charge in [-0.2, -0.15) is 0 Å². The first-order valence-corrected chi connectivity index (χ1v) is 5.22. The molecule has 0 aromatic carbocycles. The Labute approximate surface area is 84.9 Å². The van der Waals surface area contributed by atoms with Crippen LogP contribution in [0.5, 0.6) is 0 Å². The van der Waals surface area contributed by atoms with Crippen LogP contribution in [-0.4, -0.2) is 23.7 Å². The topological polar surface area (TPSA) is 49.3 Å². The highest BCUT2D eigenvalue weighted by molar-refractivity contribution is 5.73. The maximum absolute atomic E-state index is 10.8. The van der Waals surface area contributed by atoms with E-state index in [4.69, 9.17) is 5.11 Å². The zero-order valence-corrected chi connectivity index (χ0v) is 8.38. The van der Waals surface area contributed by atoms with Gasteiger partial charge >= 0.3 is 5.97 Å². The van der Waals surface area contributed by atoms with E-state index in [2.05, 4.69) is 17.2 Å². The van der Waals surface area contributed by atoms with Gasteiger partial charge in [0.1, 0.15) is 6.04 Å². The van der Waals surface area contributed by atoms with Crippen LogP contribution in [0.2, 0.25) is 0 Å². The van der Waals surface area contributed by atoms with Crippen molar-refractivity contribution in [2.75, 3.05) is 6.54 Å². The number of hydrogen-bond acceptors (Lipinski definition) is 2. The SMILES string of the molecule is O=C(O)C1CCCC#CCCCCN1. The largest absolute Gasteiger partial charge is 0.480 e. The van der Waals surface area contributed by atoms with Crippen molar-refractivity contribution in [2.24, 2.45) is 0 Å². The van der Waals surface area contributed by atoms with Crippen molar-refractivity contribution in [3.05, 3.63) is 0 Å². The molecule has 0 radical (unpaired) electrons. The summed E-state index contributed by atoms with van der Waals surface area (Å²) in [6.45, 7) is 0.790. The molecule has 1 atom stereocenters. The number of hydrogen-bond donors (Lipinski definition) is 2. The van der Waals surface area contributed by atoms with Crippen molar-refractivity contribution in [2.45, 2.75) is 44.6 Å². The monoisotopic (exact) mass is 195 g/mol. The van der Waals surface area contributed by atoms with E-state index in [9.17, 15) is 4.79 Å². The number of carboxylic acids is 1. The molecule has 0 fully saturated rings. The van der Waals surface area contributed by atoms with E-state index in [-0.39, 0.29) is 6.04 Å². The van der Waals surface area contributed by atoms with Crippen LogP contribution in [0.4, 0.5) is 0 Å². The molecular weight excluding hydrogens is 178 g/mol. The van der Waals surface area contributed by atoms with Gasteiger partial charge in [-0.25, -0.2) is 0 Å². The fraction of sp³-hybridized carbons (Fsp3) is 0.727. The van der Waals surface area contributed by atoms with Crippen molar-refractivity contribution < 1.29 is 9.90 Å². The van der Waals surface area contributed by atoms with E-state index in [1.165, 1.54) is 0 Å². The third kappa shape index (κ3) is 4.29. The number of nitrogens with one attached hydrogen (secondary N) is 1. The molecule has 1 heterocycles. The molecule has 3 heteroatoms. The van der Waals surface area contributed by atoms with Gasteiger partial charge in [0.15, 0.2) is 0 Å². The molecule has 0 aliphatic carbocycles. The van der Waals surface area contributed by atoms with Crippen LogP contribution in [-0.2, 0) is 4.79 Å². The van der Waals surface area contributed by atoms with E-state index in [1.54, 1.807) is 0 Å². The second kappa shape index (κ2) is 6.44. The molecule has 1 unspecified atom stereocenters. The normalized spacial score (nSPS) is 24.1. The van der Waals surface area contributed by atoms with Gasteiger partial charge in [0, 0.05) is 12.8 Å². The lowest BCUT2D eigenvalue weighted by molar-refractivity contribution is -0.139. The minimum absolute atomic E-state index is 0.380. The van der Waals surface area contributed by atoms with Gasteiger partial charge < -0.3 is 10.4 Å². The van der Waals surface area contributed by atoms with Crippen molar-refractivity contribution in [1.29, 1.82) is 0 Å². The lowest BCUT2D eigenvalue weighted by Gasteiger charge is -2.12. The van der Waals surface area contributed by atoms with Crippen molar-refractivity contribution in [3.8, 4) is 11.8 Å². The van der Waals surface area contributed by atoms with Gasteiger partial charge in [-0.05, 0) is 32.2 Å². The summed E-state index contributed by atoms with van der Waals surface area (Å²) in [6, 6.07) is -0.380. The Morgan fingerprint density at radius 3 is 2.64 bits per heavy atom. The molecule has 0 bridgehead atoms. The van der Waals surface area contributed by atoms with Crippen LogP contribution >= 0.6 is 0 Å². The molecule has 2 N–H and O–H groups in total. The smallest absolute Gasteiger partial charge is 0.320 e. The van der Waals surface area contributed by atoms with Crippen LogP contribution in [0, 0.1) is 11.8 Å². The van der Waals surface area contributed by atoms with Crippen LogP contribution in [0.25, 0.3) is 0 Å². The molecule has 0 amide bonds. The van der Waals surface area contributed by atoms with Crippen molar-refractivity contribution in [3.63, 3.8) is 0 Å². The molecular formula is C11H17NO2. The van der Waals surface area contributed by atoms with Gasteiger partial charge in [-0.15, -0.1) is 11.8 Å². The number of carbonyl (C=O) groups is 1. The Bertz CT molecular complexity index is 239. The maximum atomic E-state index is 10.8. The summed E-state index contributed by atoms with van der Waals surface area (Å²) in [5, 5.41) is 12.0. The summed E-state index contributed by atoms with van der Waals surface area (Å²) in [6.07, 6.45) is 5.40. The van der Waals surface area contributed by atoms with Gasteiger partial charge in [0.05, 0.1) is 0 Å². The fourth-order valence-corrected chi connectivity index (χ4v) is 1.50. The predicted molar refractivity (Wildman–Crippen MR) is 54.9 cm³/mol. The first-order valence-electron chi connectivity index (χ1n) is 5.22. The van der Waals surface area contributed by atoms with E-state index in [0.717, 1.165) is 38.6 Å². The van der Waals surface area contributed by atoms with Crippen LogP contribution < -0.4 is 5.32 Å². The van der Waals surface area contributed by atoms with Crippen molar-refractivity contribution >= 4 is 5.97 Å². The standard InChI is InChI=1S/C11H17NO2/c13-11(14)10-8-6-4-2-1-3-5-7-9-12-10/h10,12H,3-9H2,(H,13,14). The minimum Gasteiger partial charge on any atom is -0.480 e. The summed E-state index contributed by atoms with van der Waals surface area (Å²) >= 11 is 0. The lowest BCUT2D eigenvalue weighted by Crippen LogP contribution is -2.37. The molecule has 3 nitrogen and oxygen atoms in total. The summed E-state index contributed by atoms with van der Waals surface area (Å²) in [7, 11) is 0. The molecule has 1 aliphatic heterocycles. The number of carboxylic acid groups (broad SMARTS) is 1. The maximum Gasteiger partial charge on any atom is 0.320 e. The molecule has 14 heavy (non-hydrogen) atoms. The first-order chi connectivity index (χ1) is 6.80. The Morgan fingerprint density at radius 2 is 1.93 bits per heavy atom. The Morgan fingerprint density at radius 1 is 1.21 bits per heavy atom. The zero-order valence-electron chi connectivity index (χ0n) is 8.38.